The molecule has 0 aliphatic heterocycles. The Morgan fingerprint density at radius 1 is 1.21 bits per heavy atom. The van der Waals surface area contributed by atoms with Crippen LogP contribution in [0.15, 0.2) is 58.5 Å². The van der Waals surface area contributed by atoms with Crippen LogP contribution in [0.1, 0.15) is 36.9 Å². The van der Waals surface area contributed by atoms with Crippen LogP contribution >= 0.6 is 11.8 Å². The Kier molecular flexibility index (Phi) is 5.48. The van der Waals surface area contributed by atoms with Gasteiger partial charge in [0, 0.05) is 6.54 Å². The van der Waals surface area contributed by atoms with Crippen LogP contribution in [0.5, 0.6) is 0 Å². The van der Waals surface area contributed by atoms with E-state index >= 15 is 0 Å². The van der Waals surface area contributed by atoms with Gasteiger partial charge in [-0.25, -0.2) is 4.98 Å². The van der Waals surface area contributed by atoms with Crippen molar-refractivity contribution in [2.75, 3.05) is 5.75 Å². The predicted octanol–water partition coefficient (Wildman–Crippen LogP) is 3.70. The number of rotatable bonds is 5. The van der Waals surface area contributed by atoms with Gasteiger partial charge in [-0.2, -0.15) is 0 Å². The zero-order chi connectivity index (χ0) is 19.5. The smallest absolute Gasteiger partial charge is 0.262 e. The van der Waals surface area contributed by atoms with Crippen molar-refractivity contribution in [3.63, 3.8) is 0 Å². The number of nitrogens with one attached hydrogen (secondary N) is 1. The molecule has 1 heterocycles. The molecule has 1 aromatic heterocycles. The molecule has 0 unspecified atom stereocenters. The standard InChI is InChI=1S/C22H23N3O2S/c1-2-25-21(27)17-11-5-6-12-19(17)24-22(25)28-14-20(26)23-18-13-7-9-15-8-3-4-10-16(15)18/h3-6,8,10-12,18H,2,7,9,13-14H2,1H3,(H,23,26)/t18-/m0/s1. The minimum Gasteiger partial charge on any atom is -0.349 e. The third-order valence-corrected chi connectivity index (χ3v) is 6.16. The lowest BCUT2D eigenvalue weighted by molar-refractivity contribution is -0.119. The Morgan fingerprint density at radius 2 is 2.00 bits per heavy atom. The van der Waals surface area contributed by atoms with Gasteiger partial charge in [0.1, 0.15) is 0 Å². The molecule has 0 spiro atoms. The van der Waals surface area contributed by atoms with Crippen molar-refractivity contribution in [3.8, 4) is 0 Å². The van der Waals surface area contributed by atoms with Gasteiger partial charge in [0.2, 0.25) is 5.91 Å². The minimum absolute atomic E-state index is 0.0308. The summed E-state index contributed by atoms with van der Waals surface area (Å²) in [5.41, 5.74) is 3.16. The fourth-order valence-electron chi connectivity index (χ4n) is 3.81. The highest BCUT2D eigenvalue weighted by atomic mass is 32.2. The molecule has 0 fully saturated rings. The van der Waals surface area contributed by atoms with Gasteiger partial charge >= 0.3 is 0 Å². The van der Waals surface area contributed by atoms with Crippen molar-refractivity contribution in [1.29, 1.82) is 0 Å². The molecular weight excluding hydrogens is 370 g/mol. The van der Waals surface area contributed by atoms with Crippen molar-refractivity contribution in [1.82, 2.24) is 14.9 Å². The molecule has 28 heavy (non-hydrogen) atoms. The molecule has 6 heteroatoms. The van der Waals surface area contributed by atoms with Crippen molar-refractivity contribution in [2.45, 2.75) is 43.9 Å². The van der Waals surface area contributed by atoms with E-state index in [-0.39, 0.29) is 23.3 Å². The monoisotopic (exact) mass is 393 g/mol. The molecule has 1 aliphatic rings. The van der Waals surface area contributed by atoms with E-state index < -0.39 is 0 Å². The van der Waals surface area contributed by atoms with Gasteiger partial charge in [0.25, 0.3) is 5.56 Å². The highest BCUT2D eigenvalue weighted by Gasteiger charge is 2.21. The maximum Gasteiger partial charge on any atom is 0.262 e. The Labute approximate surface area is 168 Å². The highest BCUT2D eigenvalue weighted by molar-refractivity contribution is 7.99. The molecule has 5 nitrogen and oxygen atoms in total. The van der Waals surface area contributed by atoms with Gasteiger partial charge in [-0.05, 0) is 49.4 Å². The fraction of sp³-hybridized carbons (Fsp3) is 0.318. The third kappa shape index (κ3) is 3.69. The molecule has 144 valence electrons. The minimum atomic E-state index is -0.0581. The van der Waals surface area contributed by atoms with Gasteiger partial charge in [-0.3, -0.25) is 14.2 Å². The first-order chi connectivity index (χ1) is 13.7. The molecule has 1 amide bonds. The first-order valence-electron chi connectivity index (χ1n) is 9.67. The lowest BCUT2D eigenvalue weighted by Crippen LogP contribution is -2.32. The number of fused-ring (bicyclic) bond motifs is 2. The van der Waals surface area contributed by atoms with E-state index in [9.17, 15) is 9.59 Å². The van der Waals surface area contributed by atoms with Gasteiger partial charge in [0.05, 0.1) is 22.7 Å². The maximum atomic E-state index is 12.7. The quantitative estimate of drug-likeness (QED) is 0.530. The average Bonchev–Trinajstić information content (AvgIpc) is 2.73. The summed E-state index contributed by atoms with van der Waals surface area (Å²) in [7, 11) is 0. The average molecular weight is 394 g/mol. The van der Waals surface area contributed by atoms with Crippen LogP contribution in [0.25, 0.3) is 10.9 Å². The molecule has 0 saturated carbocycles. The number of carbonyl (C=O) groups is 1. The summed E-state index contributed by atoms with van der Waals surface area (Å²) < 4.78 is 1.64. The number of aryl methyl sites for hydroxylation is 1. The van der Waals surface area contributed by atoms with Crippen LogP contribution in [-0.2, 0) is 17.8 Å². The van der Waals surface area contributed by atoms with Gasteiger partial charge in [-0.15, -0.1) is 0 Å². The van der Waals surface area contributed by atoms with Crippen LogP contribution < -0.4 is 10.9 Å². The number of hydrogen-bond acceptors (Lipinski definition) is 4. The molecule has 3 aromatic rings. The van der Waals surface area contributed by atoms with E-state index in [0.717, 1.165) is 19.3 Å². The van der Waals surface area contributed by atoms with Gasteiger partial charge < -0.3 is 5.32 Å². The van der Waals surface area contributed by atoms with Crippen LogP contribution in [-0.4, -0.2) is 21.2 Å². The third-order valence-electron chi connectivity index (χ3n) is 5.18. The second-order valence-corrected chi connectivity index (χ2v) is 7.90. The molecular formula is C22H23N3O2S. The molecule has 0 bridgehead atoms. The Morgan fingerprint density at radius 3 is 2.86 bits per heavy atom. The Bertz CT molecular complexity index is 1080. The number of aromatic nitrogens is 2. The van der Waals surface area contributed by atoms with Gasteiger partial charge in [-0.1, -0.05) is 48.2 Å². The topological polar surface area (TPSA) is 64.0 Å². The van der Waals surface area contributed by atoms with E-state index in [0.29, 0.717) is 22.6 Å². The summed E-state index contributed by atoms with van der Waals surface area (Å²) >= 11 is 1.32. The summed E-state index contributed by atoms with van der Waals surface area (Å²) in [4.78, 5) is 29.9. The lowest BCUT2D eigenvalue weighted by atomic mass is 9.88. The highest BCUT2D eigenvalue weighted by Crippen LogP contribution is 2.29. The number of amides is 1. The van der Waals surface area contributed by atoms with Crippen molar-refractivity contribution in [3.05, 3.63) is 70.0 Å². The zero-order valence-electron chi connectivity index (χ0n) is 15.9. The van der Waals surface area contributed by atoms with Gasteiger partial charge in [0.15, 0.2) is 5.16 Å². The van der Waals surface area contributed by atoms with Crippen LogP contribution in [0.3, 0.4) is 0 Å². The first kappa shape index (κ1) is 18.7. The van der Waals surface area contributed by atoms with Crippen molar-refractivity contribution < 1.29 is 4.79 Å². The summed E-state index contributed by atoms with van der Waals surface area (Å²) in [6.45, 7) is 2.44. The number of carbonyl (C=O) groups excluding carboxylic acids is 1. The van der Waals surface area contributed by atoms with Crippen molar-refractivity contribution in [2.24, 2.45) is 0 Å². The Balaban J connectivity index is 1.49. The molecule has 2 aromatic carbocycles. The van der Waals surface area contributed by atoms with E-state index in [1.54, 1.807) is 10.6 Å². The molecule has 4 rings (SSSR count). The second kappa shape index (κ2) is 8.19. The van der Waals surface area contributed by atoms with Crippen LogP contribution in [0, 0.1) is 0 Å². The first-order valence-corrected chi connectivity index (χ1v) is 10.7. The van der Waals surface area contributed by atoms with Crippen molar-refractivity contribution >= 4 is 28.6 Å². The largest absolute Gasteiger partial charge is 0.349 e. The number of hydrogen-bond donors (Lipinski definition) is 1. The fourth-order valence-corrected chi connectivity index (χ4v) is 4.68. The normalized spacial score (nSPS) is 16.0. The summed E-state index contributed by atoms with van der Waals surface area (Å²) in [5.74, 6) is 0.209. The number of para-hydroxylation sites is 1. The summed E-state index contributed by atoms with van der Waals surface area (Å²) in [5, 5.41) is 4.36. The number of thioether (sulfide) groups is 1. The van der Waals surface area contributed by atoms with E-state index in [1.807, 2.05) is 37.3 Å². The second-order valence-electron chi connectivity index (χ2n) is 6.96. The van der Waals surface area contributed by atoms with Crippen LogP contribution in [0.4, 0.5) is 0 Å². The zero-order valence-corrected chi connectivity index (χ0v) is 16.7. The number of benzene rings is 2. The Hall–Kier alpha value is -2.60. The summed E-state index contributed by atoms with van der Waals surface area (Å²) in [6.07, 6.45) is 3.11. The maximum absolute atomic E-state index is 12.7. The molecule has 1 aliphatic carbocycles. The molecule has 1 N–H and O–H groups in total. The predicted molar refractivity (Wildman–Crippen MR) is 113 cm³/mol. The lowest BCUT2D eigenvalue weighted by Gasteiger charge is -2.26. The van der Waals surface area contributed by atoms with E-state index in [4.69, 9.17) is 0 Å². The van der Waals surface area contributed by atoms with E-state index in [1.165, 1.54) is 22.9 Å². The summed E-state index contributed by atoms with van der Waals surface area (Å²) in [6, 6.07) is 15.7. The molecule has 1 atom stereocenters. The van der Waals surface area contributed by atoms with E-state index in [2.05, 4.69) is 22.4 Å². The molecule has 0 radical (unpaired) electrons. The SMILES string of the molecule is CCn1c(SCC(=O)N[C@H]2CCCc3ccccc32)nc2ccccc2c1=O. The number of nitrogens with zero attached hydrogens (tertiary/aromatic N) is 2. The van der Waals surface area contributed by atoms with Crippen LogP contribution in [0.2, 0.25) is 0 Å². The molecule has 0 saturated heterocycles.